The van der Waals surface area contributed by atoms with Gasteiger partial charge in [0.05, 0.1) is 24.4 Å². The highest BCUT2D eigenvalue weighted by Gasteiger charge is 2.25. The Kier molecular flexibility index (Phi) is 8.04. The van der Waals surface area contributed by atoms with Crippen LogP contribution in [0.15, 0.2) is 59.8 Å². The summed E-state index contributed by atoms with van der Waals surface area (Å²) < 4.78 is 33.5. The molecule has 4 N–H and O–H groups in total. The van der Waals surface area contributed by atoms with Crippen LogP contribution in [0, 0.1) is 12.8 Å². The van der Waals surface area contributed by atoms with Crippen LogP contribution in [-0.4, -0.2) is 67.2 Å². The van der Waals surface area contributed by atoms with Gasteiger partial charge in [-0.15, -0.1) is 0 Å². The molecule has 1 saturated heterocycles. The van der Waals surface area contributed by atoms with Gasteiger partial charge in [0, 0.05) is 37.1 Å². The molecule has 6 rings (SSSR count). The summed E-state index contributed by atoms with van der Waals surface area (Å²) in [6.45, 7) is 5.82. The monoisotopic (exact) mass is 576 g/mol. The van der Waals surface area contributed by atoms with Gasteiger partial charge in [-0.25, -0.2) is 18.1 Å². The van der Waals surface area contributed by atoms with Crippen molar-refractivity contribution >= 4 is 44.3 Å². The molecule has 0 unspecified atom stereocenters. The predicted molar refractivity (Wildman–Crippen MR) is 160 cm³/mol. The Labute approximate surface area is 240 Å². The highest BCUT2D eigenvalue weighted by atomic mass is 32.2. The molecule has 2 aromatic heterocycles. The van der Waals surface area contributed by atoms with Crippen molar-refractivity contribution < 1.29 is 13.2 Å². The van der Waals surface area contributed by atoms with Gasteiger partial charge >= 0.3 is 0 Å². The van der Waals surface area contributed by atoms with E-state index < -0.39 is 10.0 Å². The maximum Gasteiger partial charge on any atom is 0.240 e. The van der Waals surface area contributed by atoms with E-state index in [2.05, 4.69) is 60.3 Å². The highest BCUT2D eigenvalue weighted by molar-refractivity contribution is 7.89. The SMILES string of the molecule is Cc1cc(N2CCOCC2)ccc1Nc1nc(NC2CCC(CNS(=O)(=O)c3ccccc3)CC2)c2nc[nH]c2n1. The van der Waals surface area contributed by atoms with Crippen LogP contribution >= 0.6 is 0 Å². The third-order valence-corrected chi connectivity index (χ3v) is 9.35. The maximum absolute atomic E-state index is 12.6. The van der Waals surface area contributed by atoms with E-state index in [9.17, 15) is 8.42 Å². The molecule has 0 bridgehead atoms. The van der Waals surface area contributed by atoms with E-state index in [0.717, 1.165) is 63.2 Å². The fraction of sp³-hybridized carbons (Fsp3) is 0.414. The minimum Gasteiger partial charge on any atom is -0.378 e. The molecule has 41 heavy (non-hydrogen) atoms. The molecule has 0 radical (unpaired) electrons. The molecule has 3 heterocycles. The van der Waals surface area contributed by atoms with Crippen LogP contribution < -0.4 is 20.3 Å². The third kappa shape index (κ3) is 6.45. The van der Waals surface area contributed by atoms with Crippen molar-refractivity contribution in [3.8, 4) is 0 Å². The van der Waals surface area contributed by atoms with Gasteiger partial charge in [-0.3, -0.25) is 0 Å². The number of hydrogen-bond acceptors (Lipinski definition) is 9. The largest absolute Gasteiger partial charge is 0.378 e. The average Bonchev–Trinajstić information content (AvgIpc) is 3.48. The normalized spacial score (nSPS) is 19.8. The predicted octanol–water partition coefficient (Wildman–Crippen LogP) is 4.19. The van der Waals surface area contributed by atoms with Crippen LogP contribution in [0.2, 0.25) is 0 Å². The molecule has 1 aliphatic carbocycles. The van der Waals surface area contributed by atoms with E-state index in [1.807, 2.05) is 6.07 Å². The highest BCUT2D eigenvalue weighted by Crippen LogP contribution is 2.30. The number of anilines is 4. The van der Waals surface area contributed by atoms with Crippen LogP contribution in [0.4, 0.5) is 23.1 Å². The van der Waals surface area contributed by atoms with Crippen molar-refractivity contribution in [2.45, 2.75) is 43.5 Å². The number of ether oxygens (including phenoxy) is 1. The summed E-state index contributed by atoms with van der Waals surface area (Å²) in [6.07, 6.45) is 5.30. The second-order valence-electron chi connectivity index (χ2n) is 10.7. The Hall–Kier alpha value is -3.74. The van der Waals surface area contributed by atoms with Crippen LogP contribution in [0.5, 0.6) is 0 Å². The number of morpholine rings is 1. The van der Waals surface area contributed by atoms with Gasteiger partial charge in [-0.1, -0.05) is 18.2 Å². The molecule has 0 amide bonds. The molecule has 12 heteroatoms. The third-order valence-electron chi connectivity index (χ3n) is 7.91. The second kappa shape index (κ2) is 12.0. The van der Waals surface area contributed by atoms with Crippen molar-refractivity contribution in [3.63, 3.8) is 0 Å². The lowest BCUT2D eigenvalue weighted by atomic mass is 9.86. The first-order chi connectivity index (χ1) is 19.9. The number of benzene rings is 2. The average molecular weight is 577 g/mol. The van der Waals surface area contributed by atoms with Gasteiger partial charge in [-0.2, -0.15) is 9.97 Å². The van der Waals surface area contributed by atoms with Gasteiger partial charge < -0.3 is 25.3 Å². The molecule has 1 aliphatic heterocycles. The van der Waals surface area contributed by atoms with E-state index in [1.54, 1.807) is 30.6 Å². The van der Waals surface area contributed by atoms with E-state index in [0.29, 0.717) is 40.3 Å². The summed E-state index contributed by atoms with van der Waals surface area (Å²) >= 11 is 0. The van der Waals surface area contributed by atoms with E-state index in [1.165, 1.54) is 5.69 Å². The molecule has 216 valence electrons. The molecule has 2 aliphatic rings. The lowest BCUT2D eigenvalue weighted by Gasteiger charge is -2.29. The first kappa shape index (κ1) is 27.4. The van der Waals surface area contributed by atoms with Crippen LogP contribution in [0.1, 0.15) is 31.2 Å². The van der Waals surface area contributed by atoms with E-state index >= 15 is 0 Å². The van der Waals surface area contributed by atoms with Gasteiger partial charge in [0.1, 0.15) is 5.52 Å². The number of H-pyrrole nitrogens is 1. The van der Waals surface area contributed by atoms with Crippen molar-refractivity contribution in [1.29, 1.82) is 0 Å². The number of aromatic amines is 1. The first-order valence-corrected chi connectivity index (χ1v) is 15.7. The van der Waals surface area contributed by atoms with Crippen molar-refractivity contribution in [3.05, 3.63) is 60.4 Å². The Morgan fingerprint density at radius 2 is 1.80 bits per heavy atom. The number of aryl methyl sites for hydroxylation is 1. The molecule has 0 atom stereocenters. The van der Waals surface area contributed by atoms with E-state index in [4.69, 9.17) is 9.72 Å². The van der Waals surface area contributed by atoms with Crippen LogP contribution in [0.3, 0.4) is 0 Å². The Bertz CT molecular complexity index is 1580. The minimum atomic E-state index is -3.49. The molecular formula is C29H36N8O3S. The Balaban J connectivity index is 1.08. The molecular weight excluding hydrogens is 540 g/mol. The molecule has 2 fully saturated rings. The summed E-state index contributed by atoms with van der Waals surface area (Å²) in [5.41, 5.74) is 4.61. The smallest absolute Gasteiger partial charge is 0.240 e. The van der Waals surface area contributed by atoms with Crippen molar-refractivity contribution in [2.75, 3.05) is 48.4 Å². The summed E-state index contributed by atoms with van der Waals surface area (Å²) in [7, 11) is -3.49. The molecule has 11 nitrogen and oxygen atoms in total. The summed E-state index contributed by atoms with van der Waals surface area (Å²) in [6, 6.07) is 15.1. The summed E-state index contributed by atoms with van der Waals surface area (Å²) in [5, 5.41) is 6.99. The van der Waals surface area contributed by atoms with Crippen LogP contribution in [-0.2, 0) is 14.8 Å². The zero-order valence-corrected chi connectivity index (χ0v) is 24.0. The number of nitrogens with zero attached hydrogens (tertiary/aromatic N) is 4. The minimum absolute atomic E-state index is 0.217. The lowest BCUT2D eigenvalue weighted by Crippen LogP contribution is -2.36. The number of sulfonamides is 1. The second-order valence-corrected chi connectivity index (χ2v) is 12.5. The summed E-state index contributed by atoms with van der Waals surface area (Å²) in [4.78, 5) is 19.7. The fourth-order valence-corrected chi connectivity index (χ4v) is 6.67. The number of aromatic nitrogens is 4. The zero-order chi connectivity index (χ0) is 28.2. The topological polar surface area (TPSA) is 137 Å². The number of nitrogens with one attached hydrogen (secondary N) is 4. The number of fused-ring (bicyclic) bond motifs is 1. The Morgan fingerprint density at radius 1 is 1.02 bits per heavy atom. The molecule has 2 aromatic carbocycles. The summed E-state index contributed by atoms with van der Waals surface area (Å²) in [5.74, 6) is 1.48. The quantitative estimate of drug-likeness (QED) is 0.231. The van der Waals surface area contributed by atoms with E-state index in [-0.39, 0.29) is 6.04 Å². The molecule has 1 saturated carbocycles. The molecule has 4 aromatic rings. The molecule has 0 spiro atoms. The van der Waals surface area contributed by atoms with Gasteiger partial charge in [0.25, 0.3) is 0 Å². The van der Waals surface area contributed by atoms with Crippen LogP contribution in [0.25, 0.3) is 11.2 Å². The van der Waals surface area contributed by atoms with Crippen molar-refractivity contribution in [2.24, 2.45) is 5.92 Å². The van der Waals surface area contributed by atoms with Gasteiger partial charge in [-0.05, 0) is 74.4 Å². The van der Waals surface area contributed by atoms with Gasteiger partial charge in [0.15, 0.2) is 11.5 Å². The fourth-order valence-electron chi connectivity index (χ4n) is 5.53. The number of hydrogen-bond donors (Lipinski definition) is 4. The standard InChI is InChI=1S/C29H36N8O3S/c1-20-17-23(37-13-15-40-16-14-37)11-12-25(20)34-29-35-27-26(30-19-31-27)28(36-29)33-22-9-7-21(8-10-22)18-32-41(38,39)24-5-3-2-4-6-24/h2-6,11-12,17,19,21-22,32H,7-10,13-16,18H2,1H3,(H3,30,31,33,34,35,36). The zero-order valence-electron chi connectivity index (χ0n) is 23.1. The maximum atomic E-state index is 12.6. The first-order valence-electron chi connectivity index (χ1n) is 14.2. The number of rotatable bonds is 9. The Morgan fingerprint density at radius 3 is 2.56 bits per heavy atom. The van der Waals surface area contributed by atoms with Gasteiger partial charge in [0.2, 0.25) is 16.0 Å². The van der Waals surface area contributed by atoms with Crippen molar-refractivity contribution in [1.82, 2.24) is 24.7 Å². The number of imidazole rings is 1. The lowest BCUT2D eigenvalue weighted by molar-refractivity contribution is 0.122.